The van der Waals surface area contributed by atoms with Crippen LogP contribution in [0.2, 0.25) is 5.02 Å². The predicted molar refractivity (Wildman–Crippen MR) is 70.6 cm³/mol. The van der Waals surface area contributed by atoms with Crippen LogP contribution in [0.4, 0.5) is 0 Å². The second-order valence-electron chi connectivity index (χ2n) is 3.43. The Morgan fingerprint density at radius 2 is 2.29 bits per heavy atom. The van der Waals surface area contributed by atoms with Crippen molar-refractivity contribution >= 4 is 38.3 Å². The van der Waals surface area contributed by atoms with E-state index in [9.17, 15) is 4.21 Å². The van der Waals surface area contributed by atoms with Gasteiger partial charge in [0.1, 0.15) is 6.33 Å². The molecule has 1 aromatic heterocycles. The molecule has 1 aromatic carbocycles. The van der Waals surface area contributed by atoms with Gasteiger partial charge < -0.3 is 4.57 Å². The zero-order chi connectivity index (χ0) is 12.4. The lowest BCUT2D eigenvalue weighted by Gasteiger charge is -2.07. The van der Waals surface area contributed by atoms with Gasteiger partial charge in [-0.05, 0) is 23.8 Å². The molecule has 0 fully saturated rings. The van der Waals surface area contributed by atoms with Crippen LogP contribution in [-0.2, 0) is 17.3 Å². The Hall–Kier alpha value is -0.720. The highest BCUT2D eigenvalue weighted by Crippen LogP contribution is 2.22. The number of aromatic nitrogens is 3. The molecule has 1 atom stereocenters. The Bertz CT molecular complexity index is 572. The summed E-state index contributed by atoms with van der Waals surface area (Å²) in [6.07, 6.45) is 3.12. The number of rotatable bonds is 3. The molecule has 0 aliphatic rings. The number of benzene rings is 1. The van der Waals surface area contributed by atoms with E-state index in [4.69, 9.17) is 11.6 Å². The summed E-state index contributed by atoms with van der Waals surface area (Å²) in [5, 5.41) is 8.69. The van der Waals surface area contributed by atoms with Gasteiger partial charge in [-0.1, -0.05) is 27.5 Å². The van der Waals surface area contributed by atoms with Crippen molar-refractivity contribution in [3.63, 3.8) is 0 Å². The average molecular weight is 335 g/mol. The third kappa shape index (κ3) is 2.94. The van der Waals surface area contributed by atoms with E-state index in [1.54, 1.807) is 17.2 Å². The van der Waals surface area contributed by atoms with Gasteiger partial charge in [0.05, 0.1) is 17.3 Å². The highest BCUT2D eigenvalue weighted by atomic mass is 79.9. The molecule has 2 rings (SSSR count). The molecule has 17 heavy (non-hydrogen) atoms. The van der Waals surface area contributed by atoms with Crippen molar-refractivity contribution in [2.75, 3.05) is 6.26 Å². The van der Waals surface area contributed by atoms with Gasteiger partial charge in [0, 0.05) is 15.8 Å². The summed E-state index contributed by atoms with van der Waals surface area (Å²) in [5.41, 5.74) is 0.924. The molecule has 0 bridgehead atoms. The van der Waals surface area contributed by atoms with E-state index < -0.39 is 10.8 Å². The van der Waals surface area contributed by atoms with Gasteiger partial charge >= 0.3 is 0 Å². The van der Waals surface area contributed by atoms with E-state index in [0.29, 0.717) is 16.7 Å². The maximum absolute atomic E-state index is 11.4. The quantitative estimate of drug-likeness (QED) is 0.866. The SMILES string of the molecule is C[S@](=O)c1nncn1Cc1cc(Br)ccc1Cl. The zero-order valence-corrected chi connectivity index (χ0v) is 12.1. The van der Waals surface area contributed by atoms with Crippen molar-refractivity contribution in [2.45, 2.75) is 11.7 Å². The van der Waals surface area contributed by atoms with Crippen LogP contribution in [0, 0.1) is 0 Å². The Kier molecular flexibility index (Phi) is 3.96. The first-order valence-electron chi connectivity index (χ1n) is 4.73. The molecule has 0 radical (unpaired) electrons. The summed E-state index contributed by atoms with van der Waals surface area (Å²) in [6, 6.07) is 5.61. The lowest BCUT2D eigenvalue weighted by atomic mass is 10.2. The molecule has 0 spiro atoms. The van der Waals surface area contributed by atoms with Crippen molar-refractivity contribution in [3.05, 3.63) is 39.6 Å². The van der Waals surface area contributed by atoms with E-state index >= 15 is 0 Å². The average Bonchev–Trinajstić information content (AvgIpc) is 2.71. The fourth-order valence-corrected chi connectivity index (χ4v) is 2.61. The molecule has 0 saturated heterocycles. The molecule has 0 saturated carbocycles. The second-order valence-corrected chi connectivity index (χ2v) is 6.03. The number of hydrogen-bond donors (Lipinski definition) is 0. The van der Waals surface area contributed by atoms with E-state index in [1.165, 1.54) is 0 Å². The normalized spacial score (nSPS) is 12.6. The second kappa shape index (κ2) is 5.29. The fourth-order valence-electron chi connectivity index (χ4n) is 1.42. The van der Waals surface area contributed by atoms with Crippen molar-refractivity contribution in [1.29, 1.82) is 0 Å². The maximum atomic E-state index is 11.4. The third-order valence-electron chi connectivity index (χ3n) is 2.19. The number of nitrogens with zero attached hydrogens (tertiary/aromatic N) is 3. The first-order chi connectivity index (χ1) is 8.08. The van der Waals surface area contributed by atoms with Crippen molar-refractivity contribution in [3.8, 4) is 0 Å². The van der Waals surface area contributed by atoms with Crippen LogP contribution in [0.5, 0.6) is 0 Å². The molecule has 7 heteroatoms. The summed E-state index contributed by atoms with van der Waals surface area (Å²) < 4.78 is 14.1. The van der Waals surface area contributed by atoms with Crippen molar-refractivity contribution < 1.29 is 4.21 Å². The minimum atomic E-state index is -1.16. The van der Waals surface area contributed by atoms with Crippen LogP contribution >= 0.6 is 27.5 Å². The van der Waals surface area contributed by atoms with Gasteiger partial charge in [0.2, 0.25) is 5.16 Å². The van der Waals surface area contributed by atoms with E-state index in [2.05, 4.69) is 26.1 Å². The lowest BCUT2D eigenvalue weighted by molar-refractivity contribution is 0.653. The first-order valence-corrected chi connectivity index (χ1v) is 7.46. The van der Waals surface area contributed by atoms with Crippen LogP contribution in [0.25, 0.3) is 0 Å². The summed E-state index contributed by atoms with van der Waals surface area (Å²) >= 11 is 9.48. The molecular weight excluding hydrogens is 326 g/mol. The van der Waals surface area contributed by atoms with Crippen LogP contribution in [0.3, 0.4) is 0 Å². The zero-order valence-electron chi connectivity index (χ0n) is 8.93. The van der Waals surface area contributed by atoms with Crippen LogP contribution in [0.1, 0.15) is 5.56 Å². The maximum Gasteiger partial charge on any atom is 0.221 e. The molecule has 2 aromatic rings. The number of halogens is 2. The molecular formula is C10H9BrClN3OS. The standard InChI is InChI=1S/C10H9BrClN3OS/c1-17(16)10-14-13-6-15(10)5-7-4-8(11)2-3-9(7)12/h2-4,6H,5H2,1H3/t17-/m0/s1. The third-order valence-corrected chi connectivity index (χ3v) is 3.88. The lowest BCUT2D eigenvalue weighted by Crippen LogP contribution is -2.05. The molecule has 90 valence electrons. The van der Waals surface area contributed by atoms with E-state index in [1.807, 2.05) is 18.2 Å². The van der Waals surface area contributed by atoms with Crippen LogP contribution < -0.4 is 0 Å². The first kappa shape index (κ1) is 12.7. The van der Waals surface area contributed by atoms with Gasteiger partial charge in [0.25, 0.3) is 0 Å². The summed E-state index contributed by atoms with van der Waals surface area (Å²) in [5.74, 6) is 0. The van der Waals surface area contributed by atoms with Gasteiger partial charge in [-0.2, -0.15) is 0 Å². The number of hydrogen-bond acceptors (Lipinski definition) is 3. The van der Waals surface area contributed by atoms with Crippen LogP contribution in [-0.4, -0.2) is 25.2 Å². The van der Waals surface area contributed by atoms with Crippen LogP contribution in [0.15, 0.2) is 34.2 Å². The largest absolute Gasteiger partial charge is 0.302 e. The smallest absolute Gasteiger partial charge is 0.221 e. The molecule has 0 aliphatic carbocycles. The molecule has 0 unspecified atom stereocenters. The van der Waals surface area contributed by atoms with E-state index in [0.717, 1.165) is 10.0 Å². The van der Waals surface area contributed by atoms with Gasteiger partial charge in [0.15, 0.2) is 0 Å². The van der Waals surface area contributed by atoms with Crippen molar-refractivity contribution in [1.82, 2.24) is 14.8 Å². The highest BCUT2D eigenvalue weighted by Gasteiger charge is 2.10. The summed E-state index contributed by atoms with van der Waals surface area (Å²) in [7, 11) is -1.16. The Morgan fingerprint density at radius 1 is 1.53 bits per heavy atom. The molecule has 0 aliphatic heterocycles. The van der Waals surface area contributed by atoms with Gasteiger partial charge in [-0.25, -0.2) is 0 Å². The minimum Gasteiger partial charge on any atom is -0.302 e. The molecule has 0 amide bonds. The Morgan fingerprint density at radius 3 is 3.00 bits per heavy atom. The fraction of sp³-hybridized carbons (Fsp3) is 0.200. The predicted octanol–water partition coefficient (Wildman–Crippen LogP) is 2.48. The Balaban J connectivity index is 2.34. The Labute approximate surface area is 115 Å². The van der Waals surface area contributed by atoms with Gasteiger partial charge in [-0.15, -0.1) is 10.2 Å². The summed E-state index contributed by atoms with van der Waals surface area (Å²) in [4.78, 5) is 0. The molecule has 4 nitrogen and oxygen atoms in total. The van der Waals surface area contributed by atoms with E-state index in [-0.39, 0.29) is 0 Å². The minimum absolute atomic E-state index is 0.445. The topological polar surface area (TPSA) is 47.8 Å². The molecule has 1 heterocycles. The van der Waals surface area contributed by atoms with Gasteiger partial charge in [-0.3, -0.25) is 4.21 Å². The highest BCUT2D eigenvalue weighted by molar-refractivity contribution is 9.10. The monoisotopic (exact) mass is 333 g/mol. The molecule has 0 N–H and O–H groups in total. The van der Waals surface area contributed by atoms with Crippen molar-refractivity contribution in [2.24, 2.45) is 0 Å². The summed E-state index contributed by atoms with van der Waals surface area (Å²) in [6.45, 7) is 0.500.